The van der Waals surface area contributed by atoms with Crippen molar-refractivity contribution >= 4 is 29.5 Å². The monoisotopic (exact) mass is 748 g/mol. The summed E-state index contributed by atoms with van der Waals surface area (Å²) in [5.74, 6) is -1.07. The summed E-state index contributed by atoms with van der Waals surface area (Å²) in [5, 5.41) is 2.21. The molecular formula is C45H40N4O7. The van der Waals surface area contributed by atoms with E-state index in [1.165, 1.54) is 12.1 Å². The molecule has 0 aliphatic carbocycles. The summed E-state index contributed by atoms with van der Waals surface area (Å²) in [6, 6.07) is 39.7. The standard InChI is InChI=1S/C45H40N4O7/c50-40-22-21-39(42(51)46-40)49-44(53)37-20-15-34(27-38(37)45(49)54)43(52)48-25-23-47(24-26-48)41(32-11-16-35(17-12-32)55-28-30-7-3-1-4-8-30)33-13-18-36(19-14-33)56-29-31-9-5-2-6-10-31/h1-20,27,39,41H,21-26,28-29H2,(H,46,50,51). The maximum absolute atomic E-state index is 13.8. The van der Waals surface area contributed by atoms with E-state index in [-0.39, 0.29) is 41.5 Å². The molecule has 1 atom stereocenters. The first-order chi connectivity index (χ1) is 27.3. The zero-order chi connectivity index (χ0) is 38.6. The molecule has 1 unspecified atom stereocenters. The van der Waals surface area contributed by atoms with Crippen LogP contribution in [0.4, 0.5) is 0 Å². The second kappa shape index (κ2) is 16.0. The maximum atomic E-state index is 13.8. The summed E-state index contributed by atoms with van der Waals surface area (Å²) in [6.45, 7) is 2.99. The summed E-state index contributed by atoms with van der Waals surface area (Å²) < 4.78 is 12.2. The lowest BCUT2D eigenvalue weighted by molar-refractivity contribution is -0.136. The second-order valence-corrected chi connectivity index (χ2v) is 14.1. The Kier molecular flexibility index (Phi) is 10.4. The summed E-state index contributed by atoms with van der Waals surface area (Å²) in [7, 11) is 0. The highest BCUT2D eigenvalue weighted by Crippen LogP contribution is 2.33. The van der Waals surface area contributed by atoms with Crippen LogP contribution in [0.25, 0.3) is 0 Å². The normalized spacial score (nSPS) is 17.2. The van der Waals surface area contributed by atoms with Crippen molar-refractivity contribution in [3.8, 4) is 11.5 Å². The number of hydrogen-bond acceptors (Lipinski definition) is 8. The third kappa shape index (κ3) is 7.67. The van der Waals surface area contributed by atoms with Gasteiger partial charge in [-0.15, -0.1) is 0 Å². The minimum atomic E-state index is -1.07. The number of hydrogen-bond donors (Lipinski definition) is 1. The van der Waals surface area contributed by atoms with Gasteiger partial charge in [0.2, 0.25) is 11.8 Å². The van der Waals surface area contributed by atoms with Gasteiger partial charge >= 0.3 is 0 Å². The largest absolute Gasteiger partial charge is 0.489 e. The molecule has 5 aromatic rings. The number of piperazine rings is 1. The molecule has 282 valence electrons. The predicted molar refractivity (Wildman–Crippen MR) is 207 cm³/mol. The number of ether oxygens (including phenoxy) is 2. The Balaban J connectivity index is 0.968. The molecule has 3 aliphatic rings. The lowest BCUT2D eigenvalue weighted by Gasteiger charge is -2.40. The molecule has 8 rings (SSSR count). The zero-order valence-electron chi connectivity index (χ0n) is 30.6. The van der Waals surface area contributed by atoms with Gasteiger partial charge < -0.3 is 14.4 Å². The van der Waals surface area contributed by atoms with Crippen molar-refractivity contribution in [3.63, 3.8) is 0 Å². The molecule has 3 heterocycles. The van der Waals surface area contributed by atoms with Gasteiger partial charge in [-0.3, -0.25) is 39.1 Å². The van der Waals surface area contributed by atoms with Crippen LogP contribution in [0, 0.1) is 0 Å². The number of benzene rings is 5. The topological polar surface area (TPSA) is 126 Å². The van der Waals surface area contributed by atoms with E-state index in [1.54, 1.807) is 11.0 Å². The van der Waals surface area contributed by atoms with Crippen LogP contribution in [-0.4, -0.2) is 76.5 Å². The van der Waals surface area contributed by atoms with E-state index in [1.807, 2.05) is 84.9 Å². The third-order valence-electron chi connectivity index (χ3n) is 10.5. The van der Waals surface area contributed by atoms with E-state index in [9.17, 15) is 24.0 Å². The minimum Gasteiger partial charge on any atom is -0.489 e. The average molecular weight is 749 g/mol. The van der Waals surface area contributed by atoms with Crippen LogP contribution in [0.1, 0.15) is 72.2 Å². The molecule has 0 aromatic heterocycles. The van der Waals surface area contributed by atoms with Gasteiger partial charge in [0, 0.05) is 38.2 Å². The fraction of sp³-hybridized carbons (Fsp3) is 0.222. The smallest absolute Gasteiger partial charge is 0.262 e. The third-order valence-corrected chi connectivity index (χ3v) is 10.5. The Morgan fingerprint density at radius 2 is 1.18 bits per heavy atom. The van der Waals surface area contributed by atoms with Crippen LogP contribution in [0.2, 0.25) is 0 Å². The van der Waals surface area contributed by atoms with Crippen molar-refractivity contribution in [2.75, 3.05) is 26.2 Å². The molecule has 0 spiro atoms. The number of imide groups is 2. The van der Waals surface area contributed by atoms with E-state index < -0.39 is 29.7 Å². The van der Waals surface area contributed by atoms with Crippen molar-refractivity contribution in [2.45, 2.75) is 38.1 Å². The lowest BCUT2D eigenvalue weighted by atomic mass is 9.96. The molecule has 5 aromatic carbocycles. The molecule has 2 saturated heterocycles. The van der Waals surface area contributed by atoms with Crippen LogP contribution in [0.3, 0.4) is 0 Å². The molecule has 2 fully saturated rings. The summed E-state index contributed by atoms with van der Waals surface area (Å²) in [5.41, 5.74) is 4.84. The number of rotatable bonds is 11. The highest BCUT2D eigenvalue weighted by Gasteiger charge is 2.45. The minimum absolute atomic E-state index is 0.0311. The number of nitrogens with zero attached hydrogens (tertiary/aromatic N) is 3. The highest BCUT2D eigenvalue weighted by molar-refractivity contribution is 6.24. The van der Waals surface area contributed by atoms with Crippen molar-refractivity contribution in [3.05, 3.63) is 166 Å². The molecule has 56 heavy (non-hydrogen) atoms. The van der Waals surface area contributed by atoms with Crippen LogP contribution in [0.15, 0.2) is 127 Å². The number of carbonyl (C=O) groups is 5. The Bertz CT molecular complexity index is 2170. The van der Waals surface area contributed by atoms with E-state index >= 15 is 0 Å². The average Bonchev–Trinajstić information content (AvgIpc) is 3.48. The molecule has 11 nitrogen and oxygen atoms in total. The first kappa shape index (κ1) is 36.4. The highest BCUT2D eigenvalue weighted by atomic mass is 16.5. The van der Waals surface area contributed by atoms with Gasteiger partial charge in [-0.1, -0.05) is 84.9 Å². The first-order valence-electron chi connectivity index (χ1n) is 18.7. The van der Waals surface area contributed by atoms with Gasteiger partial charge in [-0.25, -0.2) is 0 Å². The van der Waals surface area contributed by atoms with Gasteiger partial charge in [0.05, 0.1) is 17.2 Å². The quantitative estimate of drug-likeness (QED) is 0.168. The van der Waals surface area contributed by atoms with E-state index in [0.29, 0.717) is 39.4 Å². The molecule has 1 N–H and O–H groups in total. The molecule has 3 aliphatic heterocycles. The van der Waals surface area contributed by atoms with Crippen LogP contribution in [0.5, 0.6) is 11.5 Å². The van der Waals surface area contributed by atoms with Gasteiger partial charge in [0.1, 0.15) is 30.8 Å². The van der Waals surface area contributed by atoms with Crippen LogP contribution < -0.4 is 14.8 Å². The number of fused-ring (bicyclic) bond motifs is 1. The van der Waals surface area contributed by atoms with Crippen LogP contribution in [-0.2, 0) is 22.8 Å². The van der Waals surface area contributed by atoms with Crippen molar-refractivity contribution in [1.82, 2.24) is 20.0 Å². The molecule has 0 bridgehead atoms. The fourth-order valence-corrected chi connectivity index (χ4v) is 7.56. The summed E-state index contributed by atoms with van der Waals surface area (Å²) in [6.07, 6.45) is 0.0922. The molecular weight excluding hydrogens is 709 g/mol. The number of piperidine rings is 1. The van der Waals surface area contributed by atoms with Gasteiger partial charge in [-0.2, -0.15) is 0 Å². The van der Waals surface area contributed by atoms with E-state index in [2.05, 4.69) is 34.5 Å². The van der Waals surface area contributed by atoms with Gasteiger partial charge in [-0.05, 0) is 71.1 Å². The number of amides is 5. The van der Waals surface area contributed by atoms with Crippen molar-refractivity contribution in [2.24, 2.45) is 0 Å². The van der Waals surface area contributed by atoms with Crippen molar-refractivity contribution in [1.29, 1.82) is 0 Å². The molecule has 5 amide bonds. The van der Waals surface area contributed by atoms with Crippen molar-refractivity contribution < 1.29 is 33.4 Å². The van der Waals surface area contributed by atoms with E-state index in [0.717, 1.165) is 38.7 Å². The second-order valence-electron chi connectivity index (χ2n) is 14.1. The van der Waals surface area contributed by atoms with Gasteiger partial charge in [0.15, 0.2) is 0 Å². The molecule has 0 saturated carbocycles. The lowest BCUT2D eigenvalue weighted by Crippen LogP contribution is -2.54. The Morgan fingerprint density at radius 3 is 1.71 bits per heavy atom. The summed E-state index contributed by atoms with van der Waals surface area (Å²) >= 11 is 0. The van der Waals surface area contributed by atoms with Gasteiger partial charge in [0.25, 0.3) is 17.7 Å². The SMILES string of the molecule is O=C1CCC(N2C(=O)c3ccc(C(=O)N4CCN(C(c5ccc(OCc6ccccc6)cc5)c5ccc(OCc6ccccc6)cc5)CC4)cc3C2=O)C(=O)N1. The number of nitrogens with one attached hydrogen (secondary N) is 1. The van der Waals surface area contributed by atoms with E-state index in [4.69, 9.17) is 9.47 Å². The Labute approximate surface area is 324 Å². The predicted octanol–water partition coefficient (Wildman–Crippen LogP) is 5.79. The molecule has 0 radical (unpaired) electrons. The first-order valence-corrected chi connectivity index (χ1v) is 18.7. The zero-order valence-corrected chi connectivity index (χ0v) is 30.6. The Hall–Kier alpha value is -6.59. The molecule has 11 heteroatoms. The van der Waals surface area contributed by atoms with Crippen LogP contribution >= 0.6 is 0 Å². The Morgan fingerprint density at radius 1 is 0.643 bits per heavy atom. The fourth-order valence-electron chi connectivity index (χ4n) is 7.56. The maximum Gasteiger partial charge on any atom is 0.262 e. The number of carbonyl (C=O) groups excluding carboxylic acids is 5. The summed E-state index contributed by atoms with van der Waals surface area (Å²) in [4.78, 5) is 69.6.